The van der Waals surface area contributed by atoms with E-state index in [2.05, 4.69) is 16.0 Å². The first-order chi connectivity index (χ1) is 11.5. The van der Waals surface area contributed by atoms with E-state index in [-0.39, 0.29) is 17.7 Å². The molecule has 24 heavy (non-hydrogen) atoms. The van der Waals surface area contributed by atoms with Gasteiger partial charge in [0.15, 0.2) is 0 Å². The zero-order valence-corrected chi connectivity index (χ0v) is 14.5. The summed E-state index contributed by atoms with van der Waals surface area (Å²) >= 11 is 7.39. The van der Waals surface area contributed by atoms with Crippen molar-refractivity contribution in [2.75, 3.05) is 18.4 Å². The molecule has 0 radical (unpaired) electrons. The predicted octanol–water partition coefficient (Wildman–Crippen LogP) is 2.52. The summed E-state index contributed by atoms with van der Waals surface area (Å²) in [6, 6.07) is 8.11. The van der Waals surface area contributed by atoms with Crippen LogP contribution in [0.1, 0.15) is 27.0 Å². The van der Waals surface area contributed by atoms with Gasteiger partial charge in [0.05, 0.1) is 15.6 Å². The Morgan fingerprint density at radius 2 is 1.83 bits per heavy atom. The third-order valence-electron chi connectivity index (χ3n) is 3.01. The molecule has 0 spiro atoms. The van der Waals surface area contributed by atoms with E-state index in [1.807, 2.05) is 0 Å². The maximum atomic E-state index is 12.1. The first-order valence-corrected chi connectivity index (χ1v) is 8.40. The lowest BCUT2D eigenvalue weighted by molar-refractivity contribution is -0.118. The van der Waals surface area contributed by atoms with Crippen LogP contribution in [0.15, 0.2) is 35.7 Å². The van der Waals surface area contributed by atoms with Gasteiger partial charge < -0.3 is 16.0 Å². The van der Waals surface area contributed by atoms with E-state index >= 15 is 0 Å². The van der Waals surface area contributed by atoms with Gasteiger partial charge in [-0.15, -0.1) is 11.3 Å². The van der Waals surface area contributed by atoms with Gasteiger partial charge in [0.2, 0.25) is 5.91 Å². The first-order valence-electron chi connectivity index (χ1n) is 7.14. The van der Waals surface area contributed by atoms with Crippen LogP contribution < -0.4 is 16.0 Å². The molecular weight excluding hydrogens is 350 g/mol. The number of halogens is 1. The number of hydrogen-bond donors (Lipinski definition) is 3. The predicted molar refractivity (Wildman–Crippen MR) is 94.7 cm³/mol. The van der Waals surface area contributed by atoms with Crippen LogP contribution in [-0.2, 0) is 4.79 Å². The second-order valence-corrected chi connectivity index (χ2v) is 6.22. The Balaban J connectivity index is 2.01. The maximum absolute atomic E-state index is 12.1. The largest absolute Gasteiger partial charge is 0.355 e. The summed E-state index contributed by atoms with van der Waals surface area (Å²) in [6.07, 6.45) is 0. The number of anilines is 1. The van der Waals surface area contributed by atoms with Gasteiger partial charge in [-0.1, -0.05) is 17.7 Å². The highest BCUT2D eigenvalue weighted by Crippen LogP contribution is 2.24. The molecule has 0 unspecified atom stereocenters. The minimum Gasteiger partial charge on any atom is -0.355 e. The number of amides is 3. The van der Waals surface area contributed by atoms with Crippen LogP contribution in [0.25, 0.3) is 0 Å². The summed E-state index contributed by atoms with van der Waals surface area (Å²) < 4.78 is 0. The van der Waals surface area contributed by atoms with Crippen LogP contribution in [0.2, 0.25) is 5.02 Å². The lowest BCUT2D eigenvalue weighted by Crippen LogP contribution is -2.33. The fourth-order valence-corrected chi connectivity index (χ4v) is 2.65. The Morgan fingerprint density at radius 1 is 1.08 bits per heavy atom. The average molecular weight is 366 g/mol. The zero-order chi connectivity index (χ0) is 17.5. The Bertz CT molecular complexity index is 747. The minimum absolute atomic E-state index is 0.158. The van der Waals surface area contributed by atoms with Crippen LogP contribution in [0.4, 0.5) is 5.69 Å². The SMILES string of the molecule is CC(=O)NCCNC(=O)c1ccc(Cl)c(NC(=O)c2cccs2)c1. The molecule has 3 amide bonds. The molecule has 1 heterocycles. The highest BCUT2D eigenvalue weighted by Gasteiger charge is 2.12. The van der Waals surface area contributed by atoms with Crippen molar-refractivity contribution in [1.82, 2.24) is 10.6 Å². The van der Waals surface area contributed by atoms with Crippen molar-refractivity contribution in [3.8, 4) is 0 Å². The molecule has 2 rings (SSSR count). The van der Waals surface area contributed by atoms with E-state index in [4.69, 9.17) is 11.6 Å². The number of nitrogens with one attached hydrogen (secondary N) is 3. The van der Waals surface area contributed by atoms with E-state index in [0.717, 1.165) is 0 Å². The highest BCUT2D eigenvalue weighted by atomic mass is 35.5. The zero-order valence-electron chi connectivity index (χ0n) is 12.9. The molecule has 1 aromatic heterocycles. The van der Waals surface area contributed by atoms with E-state index in [0.29, 0.717) is 34.2 Å². The van der Waals surface area contributed by atoms with Crippen LogP contribution in [0.5, 0.6) is 0 Å². The Kier molecular flexibility index (Phi) is 6.34. The monoisotopic (exact) mass is 365 g/mol. The summed E-state index contributed by atoms with van der Waals surface area (Å²) in [7, 11) is 0. The molecule has 0 aliphatic heterocycles. The van der Waals surface area contributed by atoms with Crippen molar-refractivity contribution in [1.29, 1.82) is 0 Å². The molecule has 0 bridgehead atoms. The van der Waals surface area contributed by atoms with Gasteiger partial charge >= 0.3 is 0 Å². The van der Waals surface area contributed by atoms with Gasteiger partial charge in [-0.25, -0.2) is 0 Å². The Hall–Kier alpha value is -2.38. The number of thiophene rings is 1. The summed E-state index contributed by atoms with van der Waals surface area (Å²) in [6.45, 7) is 2.05. The van der Waals surface area contributed by atoms with E-state index in [9.17, 15) is 14.4 Å². The average Bonchev–Trinajstić information content (AvgIpc) is 3.07. The molecule has 0 aliphatic rings. The molecule has 0 saturated carbocycles. The lowest BCUT2D eigenvalue weighted by atomic mass is 10.2. The topological polar surface area (TPSA) is 87.3 Å². The molecule has 3 N–H and O–H groups in total. The number of carbonyl (C=O) groups excluding carboxylic acids is 3. The molecule has 8 heteroatoms. The second kappa shape index (κ2) is 8.47. The number of rotatable bonds is 6. The highest BCUT2D eigenvalue weighted by molar-refractivity contribution is 7.12. The molecule has 6 nitrogen and oxygen atoms in total. The fraction of sp³-hybridized carbons (Fsp3) is 0.188. The van der Waals surface area contributed by atoms with Gasteiger partial charge in [0.1, 0.15) is 0 Å². The third-order valence-corrected chi connectivity index (χ3v) is 4.20. The van der Waals surface area contributed by atoms with Crippen LogP contribution in [-0.4, -0.2) is 30.8 Å². The lowest BCUT2D eigenvalue weighted by Gasteiger charge is -2.10. The summed E-state index contributed by atoms with van der Waals surface area (Å²) in [4.78, 5) is 35.5. The van der Waals surface area contributed by atoms with Crippen LogP contribution in [0.3, 0.4) is 0 Å². The number of benzene rings is 1. The molecule has 0 fully saturated rings. The van der Waals surface area contributed by atoms with Crippen molar-refractivity contribution >= 4 is 46.3 Å². The van der Waals surface area contributed by atoms with Crippen LogP contribution >= 0.6 is 22.9 Å². The third kappa shape index (κ3) is 5.07. The molecule has 2 aromatic rings. The molecule has 0 aliphatic carbocycles. The summed E-state index contributed by atoms with van der Waals surface area (Å²) in [5.74, 6) is -0.756. The Morgan fingerprint density at radius 3 is 2.50 bits per heavy atom. The molecule has 0 saturated heterocycles. The molecule has 126 valence electrons. The minimum atomic E-state index is -0.316. The van der Waals surface area contributed by atoms with E-state index in [1.54, 1.807) is 29.6 Å². The fourth-order valence-electron chi connectivity index (χ4n) is 1.87. The molecular formula is C16H16ClN3O3S. The summed E-state index contributed by atoms with van der Waals surface area (Å²) in [5, 5.41) is 10.1. The summed E-state index contributed by atoms with van der Waals surface area (Å²) in [5.41, 5.74) is 0.730. The van der Waals surface area contributed by atoms with Gasteiger partial charge in [-0.05, 0) is 29.6 Å². The van der Waals surface area contributed by atoms with Gasteiger partial charge in [0, 0.05) is 25.6 Å². The quantitative estimate of drug-likeness (QED) is 0.687. The normalized spacial score (nSPS) is 10.1. The molecule has 1 aromatic carbocycles. The number of hydrogen-bond acceptors (Lipinski definition) is 4. The van der Waals surface area contributed by atoms with Crippen LogP contribution in [0, 0.1) is 0 Å². The smallest absolute Gasteiger partial charge is 0.265 e. The van der Waals surface area contributed by atoms with E-state index < -0.39 is 0 Å². The van der Waals surface area contributed by atoms with Gasteiger partial charge in [-0.2, -0.15) is 0 Å². The number of carbonyl (C=O) groups is 3. The van der Waals surface area contributed by atoms with Crippen molar-refractivity contribution in [3.05, 3.63) is 51.2 Å². The van der Waals surface area contributed by atoms with Crippen molar-refractivity contribution in [2.24, 2.45) is 0 Å². The second-order valence-electron chi connectivity index (χ2n) is 4.86. The standard InChI is InChI=1S/C16H16ClN3O3S/c1-10(21)18-6-7-19-15(22)11-4-5-12(17)13(9-11)20-16(23)14-3-2-8-24-14/h2-5,8-9H,6-7H2,1H3,(H,18,21)(H,19,22)(H,20,23). The van der Waals surface area contributed by atoms with Gasteiger partial charge in [-0.3, -0.25) is 14.4 Å². The van der Waals surface area contributed by atoms with Crippen molar-refractivity contribution in [3.63, 3.8) is 0 Å². The molecule has 0 atom stereocenters. The first kappa shape index (κ1) is 18.0. The maximum Gasteiger partial charge on any atom is 0.265 e. The van der Waals surface area contributed by atoms with E-state index in [1.165, 1.54) is 24.3 Å². The van der Waals surface area contributed by atoms with Gasteiger partial charge in [0.25, 0.3) is 11.8 Å². The van der Waals surface area contributed by atoms with Crippen molar-refractivity contribution < 1.29 is 14.4 Å². The van der Waals surface area contributed by atoms with Crippen molar-refractivity contribution in [2.45, 2.75) is 6.92 Å². The Labute approximate surface area is 148 Å².